The summed E-state index contributed by atoms with van der Waals surface area (Å²) in [5.41, 5.74) is 1.26. The Morgan fingerprint density at radius 2 is 1.71 bits per heavy atom. The van der Waals surface area contributed by atoms with Crippen LogP contribution in [0.3, 0.4) is 0 Å². The third-order valence-electron chi connectivity index (χ3n) is 4.78. The van der Waals surface area contributed by atoms with Crippen molar-refractivity contribution in [2.24, 2.45) is 0 Å². The van der Waals surface area contributed by atoms with E-state index in [1.54, 1.807) is 6.07 Å². The lowest BCUT2D eigenvalue weighted by molar-refractivity contribution is 0.112. The summed E-state index contributed by atoms with van der Waals surface area (Å²) in [6, 6.07) is 5.29. The molecule has 0 bridgehead atoms. The van der Waals surface area contributed by atoms with Crippen molar-refractivity contribution in [3.05, 3.63) is 29.6 Å². The molecule has 3 nitrogen and oxygen atoms in total. The average Bonchev–Trinajstić information content (AvgIpc) is 2.55. The zero-order valence-corrected chi connectivity index (χ0v) is 12.4. The van der Waals surface area contributed by atoms with E-state index < -0.39 is 0 Å². The first kappa shape index (κ1) is 14.5. The second kappa shape index (κ2) is 6.56. The summed E-state index contributed by atoms with van der Waals surface area (Å²) < 4.78 is 13.5. The first-order chi connectivity index (χ1) is 10.3. The van der Waals surface area contributed by atoms with Crippen LogP contribution in [0.4, 0.5) is 10.1 Å². The van der Waals surface area contributed by atoms with E-state index in [-0.39, 0.29) is 5.82 Å². The summed E-state index contributed by atoms with van der Waals surface area (Å²) in [6.45, 7) is 4.37. The average molecular weight is 290 g/mol. The monoisotopic (exact) mass is 290 g/mol. The first-order valence-corrected chi connectivity index (χ1v) is 8.01. The number of piperidine rings is 2. The third kappa shape index (κ3) is 3.43. The van der Waals surface area contributed by atoms with Gasteiger partial charge >= 0.3 is 0 Å². The van der Waals surface area contributed by atoms with Crippen LogP contribution < -0.4 is 4.90 Å². The molecule has 2 saturated heterocycles. The highest BCUT2D eigenvalue weighted by atomic mass is 19.1. The number of halogens is 1. The highest BCUT2D eigenvalue weighted by Gasteiger charge is 2.25. The summed E-state index contributed by atoms with van der Waals surface area (Å²) in [7, 11) is 0. The Kier molecular flexibility index (Phi) is 4.54. The molecule has 2 aliphatic heterocycles. The number of carbonyl (C=O) groups is 1. The number of benzene rings is 1. The van der Waals surface area contributed by atoms with Crippen LogP contribution in [0.15, 0.2) is 18.2 Å². The van der Waals surface area contributed by atoms with Gasteiger partial charge in [-0.05, 0) is 57.0 Å². The van der Waals surface area contributed by atoms with Gasteiger partial charge in [-0.2, -0.15) is 0 Å². The third-order valence-corrected chi connectivity index (χ3v) is 4.78. The van der Waals surface area contributed by atoms with Crippen LogP contribution in [0.2, 0.25) is 0 Å². The predicted octanol–water partition coefficient (Wildman–Crippen LogP) is 3.09. The van der Waals surface area contributed by atoms with Gasteiger partial charge in [0, 0.05) is 30.4 Å². The molecule has 0 N–H and O–H groups in total. The molecule has 2 fully saturated rings. The van der Waals surface area contributed by atoms with Crippen molar-refractivity contribution >= 4 is 12.0 Å². The lowest BCUT2D eigenvalue weighted by Gasteiger charge is -2.41. The van der Waals surface area contributed by atoms with E-state index in [1.807, 2.05) is 0 Å². The van der Waals surface area contributed by atoms with Gasteiger partial charge in [-0.3, -0.25) is 4.79 Å². The smallest absolute Gasteiger partial charge is 0.150 e. The molecule has 2 heterocycles. The van der Waals surface area contributed by atoms with Gasteiger partial charge < -0.3 is 9.80 Å². The molecule has 0 atom stereocenters. The van der Waals surface area contributed by atoms with Crippen LogP contribution in [0.5, 0.6) is 0 Å². The minimum atomic E-state index is -0.326. The number of anilines is 1. The second-order valence-corrected chi connectivity index (χ2v) is 6.18. The van der Waals surface area contributed by atoms with Gasteiger partial charge in [0.15, 0.2) is 0 Å². The summed E-state index contributed by atoms with van der Waals surface area (Å²) >= 11 is 0. The number of hydrogen-bond acceptors (Lipinski definition) is 3. The second-order valence-electron chi connectivity index (χ2n) is 6.18. The Hall–Kier alpha value is -1.42. The van der Waals surface area contributed by atoms with Gasteiger partial charge in [0.2, 0.25) is 0 Å². The van der Waals surface area contributed by atoms with E-state index in [1.165, 1.54) is 44.5 Å². The molecule has 3 rings (SSSR count). The predicted molar refractivity (Wildman–Crippen MR) is 82.4 cm³/mol. The van der Waals surface area contributed by atoms with Crippen LogP contribution in [0.1, 0.15) is 42.5 Å². The van der Waals surface area contributed by atoms with Gasteiger partial charge in [0.1, 0.15) is 12.1 Å². The first-order valence-electron chi connectivity index (χ1n) is 8.01. The zero-order chi connectivity index (χ0) is 14.7. The van der Waals surface area contributed by atoms with E-state index >= 15 is 0 Å². The standard InChI is InChI=1S/C17H23FN2O/c18-15-10-14(13-21)11-17(12-15)20-8-4-16(5-9-20)19-6-2-1-3-7-19/h10-13,16H,1-9H2. The highest BCUT2D eigenvalue weighted by molar-refractivity contribution is 5.77. The van der Waals surface area contributed by atoms with Crippen LogP contribution in [-0.2, 0) is 0 Å². The zero-order valence-electron chi connectivity index (χ0n) is 12.4. The molecule has 0 aromatic heterocycles. The van der Waals surface area contributed by atoms with E-state index in [9.17, 15) is 9.18 Å². The molecule has 0 unspecified atom stereocenters. The number of rotatable bonds is 3. The quantitative estimate of drug-likeness (QED) is 0.799. The molecular weight excluding hydrogens is 267 g/mol. The maximum Gasteiger partial charge on any atom is 0.150 e. The lowest BCUT2D eigenvalue weighted by Crippen LogP contribution is -2.46. The molecule has 114 valence electrons. The van der Waals surface area contributed by atoms with Crippen molar-refractivity contribution in [1.29, 1.82) is 0 Å². The fraction of sp³-hybridized carbons (Fsp3) is 0.588. The van der Waals surface area contributed by atoms with Crippen LogP contribution in [0, 0.1) is 5.82 Å². The van der Waals surface area contributed by atoms with Gasteiger partial charge in [0.25, 0.3) is 0 Å². The van der Waals surface area contributed by atoms with Crippen LogP contribution >= 0.6 is 0 Å². The Balaban J connectivity index is 1.62. The number of aldehydes is 1. The summed E-state index contributed by atoms with van der Waals surface area (Å²) in [5, 5.41) is 0. The van der Waals surface area contributed by atoms with Crippen molar-refractivity contribution in [2.45, 2.75) is 38.1 Å². The molecule has 0 saturated carbocycles. The maximum absolute atomic E-state index is 13.5. The number of hydrogen-bond donors (Lipinski definition) is 0. The van der Waals surface area contributed by atoms with Crippen LogP contribution in [0.25, 0.3) is 0 Å². The van der Waals surface area contributed by atoms with E-state index in [4.69, 9.17) is 0 Å². The Morgan fingerprint density at radius 3 is 2.38 bits per heavy atom. The molecular formula is C17H23FN2O. The Morgan fingerprint density at radius 1 is 1.00 bits per heavy atom. The molecule has 4 heteroatoms. The molecule has 21 heavy (non-hydrogen) atoms. The highest BCUT2D eigenvalue weighted by Crippen LogP contribution is 2.25. The Bertz CT molecular complexity index is 492. The van der Waals surface area contributed by atoms with Gasteiger partial charge in [0.05, 0.1) is 0 Å². The molecule has 2 aliphatic rings. The summed E-state index contributed by atoms with van der Waals surface area (Å²) in [6.07, 6.45) is 7.00. The number of likely N-dealkylation sites (tertiary alicyclic amines) is 1. The van der Waals surface area contributed by atoms with Gasteiger partial charge in [-0.1, -0.05) is 6.42 Å². The topological polar surface area (TPSA) is 23.6 Å². The molecule has 0 spiro atoms. The molecule has 0 radical (unpaired) electrons. The fourth-order valence-electron chi connectivity index (χ4n) is 3.62. The minimum Gasteiger partial charge on any atom is -0.371 e. The minimum absolute atomic E-state index is 0.326. The summed E-state index contributed by atoms with van der Waals surface area (Å²) in [5.74, 6) is -0.326. The SMILES string of the molecule is O=Cc1cc(F)cc(N2CCC(N3CCCCC3)CC2)c1. The van der Waals surface area contributed by atoms with Gasteiger partial charge in [-0.15, -0.1) is 0 Å². The van der Waals surface area contributed by atoms with Crippen LogP contribution in [-0.4, -0.2) is 43.4 Å². The molecule has 0 amide bonds. The lowest BCUT2D eigenvalue weighted by atomic mass is 9.99. The fourth-order valence-corrected chi connectivity index (χ4v) is 3.62. The van der Waals surface area contributed by atoms with Gasteiger partial charge in [-0.25, -0.2) is 4.39 Å². The maximum atomic E-state index is 13.5. The molecule has 0 aliphatic carbocycles. The van der Waals surface area contributed by atoms with E-state index in [0.717, 1.165) is 31.6 Å². The van der Waals surface area contributed by atoms with Crippen molar-refractivity contribution in [1.82, 2.24) is 4.90 Å². The molecule has 1 aromatic rings. The number of nitrogens with zero attached hydrogens (tertiary/aromatic N) is 2. The summed E-state index contributed by atoms with van der Waals surface area (Å²) in [4.78, 5) is 15.7. The van der Waals surface area contributed by atoms with Crippen molar-refractivity contribution in [2.75, 3.05) is 31.1 Å². The normalized spacial score (nSPS) is 21.5. The van der Waals surface area contributed by atoms with Crippen molar-refractivity contribution in [3.8, 4) is 0 Å². The molecule has 1 aromatic carbocycles. The number of carbonyl (C=O) groups excluding carboxylic acids is 1. The van der Waals surface area contributed by atoms with E-state index in [0.29, 0.717) is 17.9 Å². The largest absolute Gasteiger partial charge is 0.371 e. The van der Waals surface area contributed by atoms with Crippen molar-refractivity contribution < 1.29 is 9.18 Å². The van der Waals surface area contributed by atoms with E-state index in [2.05, 4.69) is 9.80 Å². The van der Waals surface area contributed by atoms with Crippen molar-refractivity contribution in [3.63, 3.8) is 0 Å². The Labute approximate surface area is 125 Å².